The standard InChI is InChI=1S/C15H29N5/c1-3-5-12-6-8-13(9-7-12)14(19-16)10-15-17-11-18-20(15)4-2/h11-14,19H,3-10,16H2,1-2H3. The molecule has 0 aromatic carbocycles. The average molecular weight is 279 g/mol. The molecule has 1 aliphatic rings. The highest BCUT2D eigenvalue weighted by molar-refractivity contribution is 4.92. The van der Waals surface area contributed by atoms with E-state index >= 15 is 0 Å². The molecule has 5 nitrogen and oxygen atoms in total. The van der Waals surface area contributed by atoms with Crippen LogP contribution in [0.1, 0.15) is 58.2 Å². The predicted octanol–water partition coefficient (Wildman–Crippen LogP) is 2.28. The van der Waals surface area contributed by atoms with Crippen molar-refractivity contribution in [2.75, 3.05) is 0 Å². The summed E-state index contributed by atoms with van der Waals surface area (Å²) in [4.78, 5) is 4.37. The maximum absolute atomic E-state index is 5.80. The van der Waals surface area contributed by atoms with Gasteiger partial charge in [0.25, 0.3) is 0 Å². The van der Waals surface area contributed by atoms with Crippen molar-refractivity contribution < 1.29 is 0 Å². The van der Waals surface area contributed by atoms with Gasteiger partial charge in [-0.3, -0.25) is 16.0 Å². The summed E-state index contributed by atoms with van der Waals surface area (Å²) in [5.74, 6) is 8.46. The third kappa shape index (κ3) is 3.79. The largest absolute Gasteiger partial charge is 0.271 e. The highest BCUT2D eigenvalue weighted by atomic mass is 15.3. The van der Waals surface area contributed by atoms with Crippen LogP contribution in [0.5, 0.6) is 0 Å². The van der Waals surface area contributed by atoms with Crippen molar-refractivity contribution in [2.45, 2.75) is 71.4 Å². The van der Waals surface area contributed by atoms with Crippen molar-refractivity contribution in [1.29, 1.82) is 0 Å². The van der Waals surface area contributed by atoms with Gasteiger partial charge in [0.1, 0.15) is 12.2 Å². The Bertz CT molecular complexity index is 381. The van der Waals surface area contributed by atoms with E-state index in [0.717, 1.165) is 24.7 Å². The van der Waals surface area contributed by atoms with Gasteiger partial charge in [0, 0.05) is 19.0 Å². The number of rotatable bonds is 7. The van der Waals surface area contributed by atoms with Crippen LogP contribution in [0.2, 0.25) is 0 Å². The highest BCUT2D eigenvalue weighted by Crippen LogP contribution is 2.33. The summed E-state index contributed by atoms with van der Waals surface area (Å²) in [5, 5.41) is 4.24. The molecule has 0 spiro atoms. The number of hydrogen-bond acceptors (Lipinski definition) is 4. The fourth-order valence-corrected chi connectivity index (χ4v) is 3.56. The summed E-state index contributed by atoms with van der Waals surface area (Å²) < 4.78 is 1.97. The van der Waals surface area contributed by atoms with Gasteiger partial charge in [-0.2, -0.15) is 5.10 Å². The van der Waals surface area contributed by atoms with Crippen LogP contribution in [-0.4, -0.2) is 20.8 Å². The highest BCUT2D eigenvalue weighted by Gasteiger charge is 2.27. The van der Waals surface area contributed by atoms with Crippen LogP contribution in [0.25, 0.3) is 0 Å². The molecule has 0 aliphatic heterocycles. The second kappa shape index (κ2) is 7.74. The van der Waals surface area contributed by atoms with E-state index < -0.39 is 0 Å². The van der Waals surface area contributed by atoms with E-state index in [1.807, 2.05) is 4.68 Å². The third-order valence-electron chi connectivity index (χ3n) is 4.77. The summed E-state index contributed by atoms with van der Waals surface area (Å²) in [6.07, 6.45) is 10.5. The molecule has 1 heterocycles. The molecule has 1 atom stereocenters. The SMILES string of the molecule is CCCC1CCC(C(Cc2ncnn2CC)NN)CC1. The van der Waals surface area contributed by atoms with E-state index in [4.69, 9.17) is 5.84 Å². The lowest BCUT2D eigenvalue weighted by molar-refractivity contribution is 0.211. The Labute approximate surface area is 122 Å². The second-order valence-corrected chi connectivity index (χ2v) is 6.04. The predicted molar refractivity (Wildman–Crippen MR) is 80.9 cm³/mol. The summed E-state index contributed by atoms with van der Waals surface area (Å²) in [6.45, 7) is 5.25. The first kappa shape index (κ1) is 15.4. The van der Waals surface area contributed by atoms with Crippen LogP contribution in [0.3, 0.4) is 0 Å². The summed E-state index contributed by atoms with van der Waals surface area (Å²) in [7, 11) is 0. The van der Waals surface area contributed by atoms with E-state index in [9.17, 15) is 0 Å². The Kier molecular flexibility index (Phi) is 5.98. The summed E-state index contributed by atoms with van der Waals surface area (Å²) in [6, 6.07) is 0.326. The van der Waals surface area contributed by atoms with Crippen LogP contribution in [0.4, 0.5) is 0 Å². The fourth-order valence-electron chi connectivity index (χ4n) is 3.56. The lowest BCUT2D eigenvalue weighted by Gasteiger charge is -2.33. The molecule has 1 aromatic heterocycles. The average Bonchev–Trinajstić information content (AvgIpc) is 2.93. The number of aromatic nitrogens is 3. The van der Waals surface area contributed by atoms with Crippen LogP contribution in [-0.2, 0) is 13.0 Å². The lowest BCUT2D eigenvalue weighted by atomic mass is 9.76. The first-order valence-corrected chi connectivity index (χ1v) is 8.11. The molecule has 0 amide bonds. The van der Waals surface area contributed by atoms with Crippen molar-refractivity contribution in [3.05, 3.63) is 12.2 Å². The molecule has 0 bridgehead atoms. The molecule has 1 unspecified atom stereocenters. The Morgan fingerprint density at radius 2 is 2.10 bits per heavy atom. The van der Waals surface area contributed by atoms with Crippen LogP contribution >= 0.6 is 0 Å². The van der Waals surface area contributed by atoms with Crippen molar-refractivity contribution in [3.8, 4) is 0 Å². The second-order valence-electron chi connectivity index (χ2n) is 6.04. The Morgan fingerprint density at radius 1 is 1.35 bits per heavy atom. The van der Waals surface area contributed by atoms with Crippen LogP contribution in [0, 0.1) is 11.8 Å². The number of nitrogens with two attached hydrogens (primary N) is 1. The van der Waals surface area contributed by atoms with E-state index in [1.54, 1.807) is 6.33 Å². The quantitative estimate of drug-likeness (QED) is 0.593. The number of hydrogen-bond donors (Lipinski definition) is 2. The minimum atomic E-state index is 0.326. The smallest absolute Gasteiger partial charge is 0.138 e. The maximum Gasteiger partial charge on any atom is 0.138 e. The van der Waals surface area contributed by atoms with Gasteiger partial charge < -0.3 is 0 Å². The Hall–Kier alpha value is -0.940. The van der Waals surface area contributed by atoms with Crippen molar-refractivity contribution in [3.63, 3.8) is 0 Å². The van der Waals surface area contributed by atoms with Gasteiger partial charge >= 0.3 is 0 Å². The van der Waals surface area contributed by atoms with Crippen molar-refractivity contribution in [1.82, 2.24) is 20.2 Å². The number of aryl methyl sites for hydroxylation is 1. The normalized spacial score (nSPS) is 24.8. The molecule has 1 saturated carbocycles. The van der Waals surface area contributed by atoms with Gasteiger partial charge in [-0.05, 0) is 31.6 Å². The lowest BCUT2D eigenvalue weighted by Crippen LogP contribution is -2.44. The molecule has 114 valence electrons. The van der Waals surface area contributed by atoms with Gasteiger partial charge in [-0.15, -0.1) is 0 Å². The van der Waals surface area contributed by atoms with Gasteiger partial charge in [0.2, 0.25) is 0 Å². The Balaban J connectivity index is 1.89. The number of nitrogens with zero attached hydrogens (tertiary/aromatic N) is 3. The van der Waals surface area contributed by atoms with E-state index in [1.165, 1.54) is 38.5 Å². The molecular weight excluding hydrogens is 250 g/mol. The molecule has 20 heavy (non-hydrogen) atoms. The molecule has 1 fully saturated rings. The zero-order valence-electron chi connectivity index (χ0n) is 12.9. The van der Waals surface area contributed by atoms with Gasteiger partial charge in [0.15, 0.2) is 0 Å². The van der Waals surface area contributed by atoms with Crippen LogP contribution in [0.15, 0.2) is 6.33 Å². The van der Waals surface area contributed by atoms with E-state index in [2.05, 4.69) is 29.4 Å². The summed E-state index contributed by atoms with van der Waals surface area (Å²) >= 11 is 0. The zero-order valence-corrected chi connectivity index (χ0v) is 12.9. The first-order chi connectivity index (χ1) is 9.78. The Morgan fingerprint density at radius 3 is 2.70 bits per heavy atom. The fraction of sp³-hybridized carbons (Fsp3) is 0.867. The molecule has 2 rings (SSSR count). The minimum Gasteiger partial charge on any atom is -0.271 e. The molecule has 1 aliphatic carbocycles. The maximum atomic E-state index is 5.80. The minimum absolute atomic E-state index is 0.326. The van der Waals surface area contributed by atoms with Gasteiger partial charge in [0.05, 0.1) is 0 Å². The molecule has 0 saturated heterocycles. The van der Waals surface area contributed by atoms with Gasteiger partial charge in [-0.25, -0.2) is 4.98 Å². The van der Waals surface area contributed by atoms with E-state index in [-0.39, 0.29) is 0 Å². The summed E-state index contributed by atoms with van der Waals surface area (Å²) in [5.41, 5.74) is 3.03. The van der Waals surface area contributed by atoms with Crippen molar-refractivity contribution in [2.24, 2.45) is 17.7 Å². The molecular formula is C15H29N5. The molecule has 0 radical (unpaired) electrons. The topological polar surface area (TPSA) is 68.8 Å². The third-order valence-corrected chi connectivity index (χ3v) is 4.77. The molecule has 5 heteroatoms. The van der Waals surface area contributed by atoms with E-state index in [0.29, 0.717) is 12.0 Å². The number of nitrogens with one attached hydrogen (secondary N) is 1. The molecule has 3 N–H and O–H groups in total. The van der Waals surface area contributed by atoms with Crippen molar-refractivity contribution >= 4 is 0 Å². The first-order valence-electron chi connectivity index (χ1n) is 8.11. The monoisotopic (exact) mass is 279 g/mol. The number of hydrazine groups is 1. The zero-order chi connectivity index (χ0) is 14.4. The molecule has 1 aromatic rings. The van der Waals surface area contributed by atoms with Crippen LogP contribution < -0.4 is 11.3 Å². The van der Waals surface area contributed by atoms with Gasteiger partial charge in [-0.1, -0.05) is 32.6 Å².